The molecule has 108 valence electrons. The van der Waals surface area contributed by atoms with Gasteiger partial charge in [0.15, 0.2) is 0 Å². The second-order valence-corrected chi connectivity index (χ2v) is 7.19. The van der Waals surface area contributed by atoms with Crippen molar-refractivity contribution < 1.29 is 9.90 Å². The molecule has 0 spiro atoms. The molecule has 3 rings (SSSR count). The van der Waals surface area contributed by atoms with Gasteiger partial charge in [-0.25, -0.2) is 0 Å². The number of carboxylic acids is 1. The Bertz CT molecular complexity index is 344. The third-order valence-electron chi connectivity index (χ3n) is 5.96. The van der Waals surface area contributed by atoms with E-state index in [0.717, 1.165) is 43.4 Å². The maximum atomic E-state index is 11.1. The van der Waals surface area contributed by atoms with Crippen molar-refractivity contribution in [3.8, 4) is 0 Å². The van der Waals surface area contributed by atoms with Crippen LogP contribution in [0.25, 0.3) is 0 Å². The molecular formula is C16H27NO2. The van der Waals surface area contributed by atoms with Crippen molar-refractivity contribution in [3.63, 3.8) is 0 Å². The van der Waals surface area contributed by atoms with Gasteiger partial charge in [-0.15, -0.1) is 0 Å². The van der Waals surface area contributed by atoms with E-state index >= 15 is 0 Å². The lowest BCUT2D eigenvalue weighted by Crippen LogP contribution is -2.45. The molecule has 0 radical (unpaired) electrons. The molecule has 3 saturated carbocycles. The summed E-state index contributed by atoms with van der Waals surface area (Å²) in [6.45, 7) is 2.33. The van der Waals surface area contributed by atoms with E-state index in [1.54, 1.807) is 0 Å². The van der Waals surface area contributed by atoms with Crippen LogP contribution in [0.15, 0.2) is 0 Å². The zero-order valence-electron chi connectivity index (χ0n) is 12.0. The lowest BCUT2D eigenvalue weighted by Gasteiger charge is -2.35. The number of nitrogens with one attached hydrogen (secondary N) is 1. The summed E-state index contributed by atoms with van der Waals surface area (Å²) in [5, 5.41) is 12.9. The normalized spacial score (nSPS) is 43.3. The summed E-state index contributed by atoms with van der Waals surface area (Å²) in [7, 11) is 0. The summed E-state index contributed by atoms with van der Waals surface area (Å²) in [6, 6.07) is 1.01. The van der Waals surface area contributed by atoms with E-state index in [0.29, 0.717) is 12.1 Å². The van der Waals surface area contributed by atoms with Gasteiger partial charge in [0, 0.05) is 12.1 Å². The smallest absolute Gasteiger partial charge is 0.306 e. The average molecular weight is 265 g/mol. The fourth-order valence-corrected chi connectivity index (χ4v) is 4.97. The van der Waals surface area contributed by atoms with Crippen molar-refractivity contribution in [1.29, 1.82) is 0 Å². The van der Waals surface area contributed by atoms with Crippen LogP contribution in [0.1, 0.15) is 58.3 Å². The number of fused-ring (bicyclic) bond motifs is 2. The maximum absolute atomic E-state index is 11.1. The second-order valence-electron chi connectivity index (χ2n) is 7.19. The van der Waals surface area contributed by atoms with E-state index < -0.39 is 5.97 Å². The fourth-order valence-electron chi connectivity index (χ4n) is 4.97. The van der Waals surface area contributed by atoms with Crippen LogP contribution in [-0.4, -0.2) is 23.2 Å². The molecule has 0 saturated heterocycles. The van der Waals surface area contributed by atoms with Crippen molar-refractivity contribution in [2.45, 2.75) is 70.4 Å². The van der Waals surface area contributed by atoms with Crippen LogP contribution in [0.3, 0.4) is 0 Å². The Kier molecular flexibility index (Phi) is 3.84. The molecule has 0 aliphatic heterocycles. The summed E-state index contributed by atoms with van der Waals surface area (Å²) in [6.07, 6.45) is 9.69. The molecule has 0 aromatic rings. The zero-order valence-corrected chi connectivity index (χ0v) is 12.0. The van der Waals surface area contributed by atoms with E-state index in [1.165, 1.54) is 25.7 Å². The van der Waals surface area contributed by atoms with Gasteiger partial charge in [0.25, 0.3) is 0 Å². The molecule has 19 heavy (non-hydrogen) atoms. The van der Waals surface area contributed by atoms with Gasteiger partial charge in [0.2, 0.25) is 0 Å². The Hall–Kier alpha value is -0.570. The quantitative estimate of drug-likeness (QED) is 0.821. The number of carboxylic acid groups (broad SMARTS) is 1. The Labute approximate surface area is 116 Å². The van der Waals surface area contributed by atoms with E-state index in [9.17, 15) is 4.79 Å². The van der Waals surface area contributed by atoms with Crippen LogP contribution in [0.5, 0.6) is 0 Å². The number of hydrogen-bond donors (Lipinski definition) is 2. The lowest BCUT2D eigenvalue weighted by atomic mass is 9.81. The van der Waals surface area contributed by atoms with Gasteiger partial charge < -0.3 is 10.4 Å². The highest BCUT2D eigenvalue weighted by Gasteiger charge is 2.42. The van der Waals surface area contributed by atoms with Crippen LogP contribution >= 0.6 is 0 Å². The van der Waals surface area contributed by atoms with Gasteiger partial charge in [-0.2, -0.15) is 0 Å². The van der Waals surface area contributed by atoms with Gasteiger partial charge in [-0.05, 0) is 63.2 Å². The van der Waals surface area contributed by atoms with Gasteiger partial charge in [0.05, 0.1) is 5.92 Å². The number of carbonyl (C=O) groups is 1. The minimum Gasteiger partial charge on any atom is -0.481 e. The van der Waals surface area contributed by atoms with E-state index in [2.05, 4.69) is 12.2 Å². The summed E-state index contributed by atoms with van der Waals surface area (Å²) in [5.41, 5.74) is 0. The molecule has 0 heterocycles. The molecule has 3 nitrogen and oxygen atoms in total. The lowest BCUT2D eigenvalue weighted by molar-refractivity contribution is -0.143. The Balaban J connectivity index is 1.52. The Morgan fingerprint density at radius 3 is 2.63 bits per heavy atom. The molecule has 3 heteroatoms. The van der Waals surface area contributed by atoms with Crippen molar-refractivity contribution >= 4 is 5.97 Å². The van der Waals surface area contributed by atoms with Gasteiger partial charge in [-0.3, -0.25) is 4.79 Å². The Morgan fingerprint density at radius 2 is 2.00 bits per heavy atom. The summed E-state index contributed by atoms with van der Waals surface area (Å²) in [5.74, 6) is 2.09. The largest absolute Gasteiger partial charge is 0.481 e. The number of hydrogen-bond acceptors (Lipinski definition) is 2. The monoisotopic (exact) mass is 265 g/mol. The van der Waals surface area contributed by atoms with Crippen molar-refractivity contribution in [1.82, 2.24) is 5.32 Å². The highest BCUT2D eigenvalue weighted by Crippen LogP contribution is 2.49. The zero-order chi connectivity index (χ0) is 13.4. The predicted octanol–water partition coefficient (Wildman–Crippen LogP) is 3.04. The van der Waals surface area contributed by atoms with Crippen LogP contribution < -0.4 is 5.32 Å². The van der Waals surface area contributed by atoms with Crippen LogP contribution in [-0.2, 0) is 4.79 Å². The van der Waals surface area contributed by atoms with Crippen LogP contribution in [0, 0.1) is 23.7 Å². The standard InChI is InChI=1S/C16H27NO2/c1-10(15-8-11-5-6-12(15)7-11)17-14-4-2-3-13(9-14)16(18)19/h10-15,17H,2-9H2,1H3,(H,18,19). The molecular weight excluding hydrogens is 238 g/mol. The molecule has 0 aromatic heterocycles. The third-order valence-corrected chi connectivity index (χ3v) is 5.96. The molecule has 6 atom stereocenters. The van der Waals surface area contributed by atoms with E-state index in [4.69, 9.17) is 5.11 Å². The average Bonchev–Trinajstić information content (AvgIpc) is 3.01. The minimum atomic E-state index is -0.598. The molecule has 0 amide bonds. The van der Waals surface area contributed by atoms with Crippen molar-refractivity contribution in [3.05, 3.63) is 0 Å². The maximum Gasteiger partial charge on any atom is 0.306 e. The molecule has 3 aliphatic carbocycles. The van der Waals surface area contributed by atoms with Crippen LogP contribution in [0.2, 0.25) is 0 Å². The first-order valence-corrected chi connectivity index (χ1v) is 8.12. The summed E-state index contributed by atoms with van der Waals surface area (Å²) >= 11 is 0. The molecule has 3 aliphatic rings. The molecule has 2 N–H and O–H groups in total. The number of rotatable bonds is 4. The summed E-state index contributed by atoms with van der Waals surface area (Å²) < 4.78 is 0. The highest BCUT2D eigenvalue weighted by atomic mass is 16.4. The molecule has 2 bridgehead atoms. The molecule has 0 aromatic carbocycles. The first-order valence-electron chi connectivity index (χ1n) is 8.12. The third kappa shape index (κ3) is 2.81. The highest BCUT2D eigenvalue weighted by molar-refractivity contribution is 5.70. The SMILES string of the molecule is CC(NC1CCCC(C(=O)O)C1)C1CC2CCC1C2. The summed E-state index contributed by atoms with van der Waals surface area (Å²) in [4.78, 5) is 11.1. The minimum absolute atomic E-state index is 0.113. The first kappa shape index (κ1) is 13.4. The molecule has 3 fully saturated rings. The van der Waals surface area contributed by atoms with Crippen LogP contribution in [0.4, 0.5) is 0 Å². The fraction of sp³-hybridized carbons (Fsp3) is 0.938. The first-order chi connectivity index (χ1) is 9.13. The molecule has 6 unspecified atom stereocenters. The van der Waals surface area contributed by atoms with Gasteiger partial charge in [-0.1, -0.05) is 12.8 Å². The second kappa shape index (κ2) is 5.43. The van der Waals surface area contributed by atoms with E-state index in [-0.39, 0.29) is 5.92 Å². The van der Waals surface area contributed by atoms with Gasteiger partial charge in [0.1, 0.15) is 0 Å². The van der Waals surface area contributed by atoms with Crippen molar-refractivity contribution in [2.75, 3.05) is 0 Å². The predicted molar refractivity (Wildman–Crippen MR) is 74.9 cm³/mol. The number of aliphatic carboxylic acids is 1. The van der Waals surface area contributed by atoms with Gasteiger partial charge >= 0.3 is 5.97 Å². The van der Waals surface area contributed by atoms with E-state index in [1.807, 2.05) is 0 Å². The van der Waals surface area contributed by atoms with Crippen molar-refractivity contribution in [2.24, 2.45) is 23.7 Å². The topological polar surface area (TPSA) is 49.3 Å². The Morgan fingerprint density at radius 1 is 1.16 bits per heavy atom.